The normalized spacial score (nSPS) is 12.0. The fourth-order valence-electron chi connectivity index (χ4n) is 3.64. The van der Waals surface area contributed by atoms with Crippen LogP contribution < -0.4 is 0 Å². The van der Waals surface area contributed by atoms with Gasteiger partial charge in [-0.05, 0) is 44.5 Å². The van der Waals surface area contributed by atoms with E-state index in [1.165, 1.54) is 11.8 Å². The van der Waals surface area contributed by atoms with Gasteiger partial charge in [-0.15, -0.1) is 10.2 Å². The molecule has 0 saturated carbocycles. The molecule has 6 nitrogen and oxygen atoms in total. The zero-order chi connectivity index (χ0) is 22.5. The van der Waals surface area contributed by atoms with Crippen molar-refractivity contribution in [2.45, 2.75) is 31.2 Å². The first kappa shape index (κ1) is 21.9. The Morgan fingerprint density at radius 3 is 2.25 bits per heavy atom. The van der Waals surface area contributed by atoms with Crippen LogP contribution in [0.15, 0.2) is 82.6 Å². The van der Waals surface area contributed by atoms with Crippen molar-refractivity contribution >= 4 is 17.7 Å². The summed E-state index contributed by atoms with van der Waals surface area (Å²) in [6.07, 6.45) is 1.65. The SMILES string of the molecule is CCN(CC)C(=O)[C@@H](Sc1nnc(-c2ccoc2C)n1-c1ccccc1)c1ccccc1. The van der Waals surface area contributed by atoms with E-state index in [1.54, 1.807) is 6.26 Å². The highest BCUT2D eigenvalue weighted by molar-refractivity contribution is 8.00. The molecular weight excluding hydrogens is 420 g/mol. The van der Waals surface area contributed by atoms with Gasteiger partial charge in [0.15, 0.2) is 11.0 Å². The lowest BCUT2D eigenvalue weighted by molar-refractivity contribution is -0.130. The van der Waals surface area contributed by atoms with Gasteiger partial charge >= 0.3 is 0 Å². The summed E-state index contributed by atoms with van der Waals surface area (Å²) in [6, 6.07) is 21.7. The largest absolute Gasteiger partial charge is 0.469 e. The Hall–Kier alpha value is -3.32. The van der Waals surface area contributed by atoms with E-state index in [2.05, 4.69) is 10.2 Å². The molecule has 2 heterocycles. The molecule has 1 amide bonds. The van der Waals surface area contributed by atoms with Crippen LogP contribution in [-0.4, -0.2) is 38.7 Å². The van der Waals surface area contributed by atoms with Crippen molar-refractivity contribution < 1.29 is 9.21 Å². The zero-order valence-electron chi connectivity index (χ0n) is 18.4. The van der Waals surface area contributed by atoms with Crippen LogP contribution in [-0.2, 0) is 4.79 Å². The van der Waals surface area contributed by atoms with E-state index in [0.29, 0.717) is 24.1 Å². The van der Waals surface area contributed by atoms with Gasteiger partial charge in [-0.1, -0.05) is 60.3 Å². The molecule has 4 rings (SSSR count). The fraction of sp³-hybridized carbons (Fsp3) is 0.240. The van der Waals surface area contributed by atoms with Gasteiger partial charge in [-0.25, -0.2) is 0 Å². The molecule has 0 saturated heterocycles. The maximum atomic E-state index is 13.5. The number of thioether (sulfide) groups is 1. The number of benzene rings is 2. The summed E-state index contributed by atoms with van der Waals surface area (Å²) < 4.78 is 7.51. The number of hydrogen-bond acceptors (Lipinski definition) is 5. The molecule has 0 aliphatic carbocycles. The Labute approximate surface area is 192 Å². The second-order valence-corrected chi connectivity index (χ2v) is 8.36. The molecule has 7 heteroatoms. The number of amides is 1. The first-order valence-electron chi connectivity index (χ1n) is 10.7. The molecule has 0 radical (unpaired) electrons. The molecule has 2 aromatic carbocycles. The zero-order valence-corrected chi connectivity index (χ0v) is 19.2. The second-order valence-electron chi connectivity index (χ2n) is 7.29. The summed E-state index contributed by atoms with van der Waals surface area (Å²) in [6.45, 7) is 7.22. The first-order chi connectivity index (χ1) is 15.6. The average molecular weight is 447 g/mol. The van der Waals surface area contributed by atoms with E-state index < -0.39 is 5.25 Å². The van der Waals surface area contributed by atoms with Crippen molar-refractivity contribution in [3.8, 4) is 17.1 Å². The van der Waals surface area contributed by atoms with E-state index in [1.807, 2.05) is 97.0 Å². The fourth-order valence-corrected chi connectivity index (χ4v) is 4.78. The van der Waals surface area contributed by atoms with Gasteiger partial charge < -0.3 is 9.32 Å². The molecule has 0 N–H and O–H groups in total. The number of hydrogen-bond donors (Lipinski definition) is 0. The highest BCUT2D eigenvalue weighted by Crippen LogP contribution is 2.39. The van der Waals surface area contributed by atoms with E-state index in [9.17, 15) is 4.79 Å². The van der Waals surface area contributed by atoms with Gasteiger partial charge in [0.25, 0.3) is 0 Å². The van der Waals surface area contributed by atoms with Crippen LogP contribution in [0.1, 0.15) is 30.4 Å². The molecule has 2 aromatic heterocycles. The number of rotatable bonds is 8. The van der Waals surface area contributed by atoms with Crippen molar-refractivity contribution in [3.63, 3.8) is 0 Å². The lowest BCUT2D eigenvalue weighted by Gasteiger charge is -2.25. The minimum atomic E-state index is -0.430. The van der Waals surface area contributed by atoms with Gasteiger partial charge in [0.1, 0.15) is 11.0 Å². The molecule has 4 aromatic rings. The Morgan fingerprint density at radius 1 is 1.00 bits per heavy atom. The maximum absolute atomic E-state index is 13.5. The minimum absolute atomic E-state index is 0.0647. The lowest BCUT2D eigenvalue weighted by atomic mass is 10.1. The van der Waals surface area contributed by atoms with Gasteiger partial charge in [-0.3, -0.25) is 9.36 Å². The summed E-state index contributed by atoms with van der Waals surface area (Å²) in [5, 5.41) is 9.23. The number of aromatic nitrogens is 3. The average Bonchev–Trinajstić information content (AvgIpc) is 3.44. The predicted molar refractivity (Wildman–Crippen MR) is 127 cm³/mol. The smallest absolute Gasteiger partial charge is 0.240 e. The van der Waals surface area contributed by atoms with Crippen LogP contribution >= 0.6 is 11.8 Å². The Kier molecular flexibility index (Phi) is 6.75. The quantitative estimate of drug-likeness (QED) is 0.333. The third-order valence-corrected chi connectivity index (χ3v) is 6.56. The monoisotopic (exact) mass is 446 g/mol. The molecule has 1 atom stereocenters. The van der Waals surface area contributed by atoms with E-state index in [-0.39, 0.29) is 5.91 Å². The van der Waals surface area contributed by atoms with Crippen molar-refractivity contribution in [3.05, 3.63) is 84.3 Å². The topological polar surface area (TPSA) is 64.2 Å². The van der Waals surface area contributed by atoms with Gasteiger partial charge in [0.2, 0.25) is 5.91 Å². The molecule has 0 aliphatic heterocycles. The maximum Gasteiger partial charge on any atom is 0.240 e. The molecule has 32 heavy (non-hydrogen) atoms. The van der Waals surface area contributed by atoms with Crippen LogP contribution in [0.4, 0.5) is 0 Å². The summed E-state index contributed by atoms with van der Waals surface area (Å²) in [5.41, 5.74) is 2.75. The van der Waals surface area contributed by atoms with Gasteiger partial charge in [0, 0.05) is 18.8 Å². The van der Waals surface area contributed by atoms with Crippen LogP contribution in [0.5, 0.6) is 0 Å². The molecule has 164 valence electrons. The van der Waals surface area contributed by atoms with Gasteiger partial charge in [0.05, 0.1) is 11.8 Å². The van der Waals surface area contributed by atoms with Crippen molar-refractivity contribution in [1.82, 2.24) is 19.7 Å². The second kappa shape index (κ2) is 9.87. The van der Waals surface area contributed by atoms with Crippen LogP contribution in [0.25, 0.3) is 17.1 Å². The Balaban J connectivity index is 1.82. The van der Waals surface area contributed by atoms with Crippen LogP contribution in [0, 0.1) is 6.92 Å². The highest BCUT2D eigenvalue weighted by atomic mass is 32.2. The molecule has 0 fully saturated rings. The number of likely N-dealkylation sites (N-methyl/N-ethyl adjacent to an activating group) is 1. The number of carbonyl (C=O) groups excluding carboxylic acids is 1. The standard InChI is InChI=1S/C25H26N4O2S/c1-4-28(5-2)24(30)22(19-12-8-6-9-13-19)32-25-27-26-23(21-16-17-31-18(21)3)29(25)20-14-10-7-11-15-20/h6-17,22H,4-5H2,1-3H3/t22-/m0/s1. The Bertz CT molecular complexity index is 1170. The molecule has 0 unspecified atom stereocenters. The van der Waals surface area contributed by atoms with Crippen LogP contribution in [0.3, 0.4) is 0 Å². The first-order valence-corrected chi connectivity index (χ1v) is 11.6. The minimum Gasteiger partial charge on any atom is -0.469 e. The summed E-state index contributed by atoms with van der Waals surface area (Å²) in [7, 11) is 0. The molecule has 0 aliphatic rings. The van der Waals surface area contributed by atoms with Gasteiger partial charge in [-0.2, -0.15) is 0 Å². The molecule has 0 spiro atoms. The number of carbonyl (C=O) groups is 1. The van der Waals surface area contributed by atoms with Crippen molar-refractivity contribution in [2.75, 3.05) is 13.1 Å². The number of nitrogens with zero attached hydrogens (tertiary/aromatic N) is 4. The van der Waals surface area contributed by atoms with Crippen molar-refractivity contribution in [1.29, 1.82) is 0 Å². The third kappa shape index (κ3) is 4.34. The van der Waals surface area contributed by atoms with E-state index in [4.69, 9.17) is 4.42 Å². The third-order valence-electron chi connectivity index (χ3n) is 5.37. The highest BCUT2D eigenvalue weighted by Gasteiger charge is 2.29. The number of para-hydroxylation sites is 1. The summed E-state index contributed by atoms with van der Waals surface area (Å²) in [5.74, 6) is 1.52. The molecular formula is C25H26N4O2S. The number of furan rings is 1. The van der Waals surface area contributed by atoms with Crippen LogP contribution in [0.2, 0.25) is 0 Å². The predicted octanol–water partition coefficient (Wildman–Crippen LogP) is 5.54. The van der Waals surface area contributed by atoms with E-state index >= 15 is 0 Å². The van der Waals surface area contributed by atoms with E-state index in [0.717, 1.165) is 22.6 Å². The summed E-state index contributed by atoms with van der Waals surface area (Å²) >= 11 is 1.42. The Morgan fingerprint density at radius 2 is 1.66 bits per heavy atom. The van der Waals surface area contributed by atoms with Crippen molar-refractivity contribution in [2.24, 2.45) is 0 Å². The lowest BCUT2D eigenvalue weighted by Crippen LogP contribution is -2.34. The molecule has 0 bridgehead atoms. The number of aryl methyl sites for hydroxylation is 1. The summed E-state index contributed by atoms with van der Waals surface area (Å²) in [4.78, 5) is 15.3.